The van der Waals surface area contributed by atoms with E-state index in [2.05, 4.69) is 34.3 Å². The number of nitrogens with one attached hydrogen (secondary N) is 2. The molecule has 186 valence electrons. The molecule has 3 N–H and O–H groups in total. The number of anilines is 1. The van der Waals surface area contributed by atoms with E-state index < -0.39 is 0 Å². The van der Waals surface area contributed by atoms with Gasteiger partial charge in [-0.25, -0.2) is 4.98 Å². The summed E-state index contributed by atoms with van der Waals surface area (Å²) in [6.07, 6.45) is 6.54. The Labute approximate surface area is 212 Å². The SMILES string of the molecule is C=N/C(=C\SCNc1ccc(C(=O)N2CC[C@@H](O)C[C@H]2C)cn1)C1=C(C)NC(C)S1.CC=CC. The third-order valence-electron chi connectivity index (χ3n) is 5.44. The van der Waals surface area contributed by atoms with Crippen LogP contribution in [0.15, 0.2) is 57.2 Å². The average molecular weight is 504 g/mol. The number of allylic oxidation sites excluding steroid dienone is 3. The molecule has 1 unspecified atom stereocenters. The van der Waals surface area contributed by atoms with E-state index in [0.717, 1.165) is 16.3 Å². The fraction of sp³-hybridized carbons (Fsp3) is 0.480. The Balaban J connectivity index is 0.000000945. The third-order valence-corrected chi connectivity index (χ3v) is 7.37. The van der Waals surface area contributed by atoms with Gasteiger partial charge in [0, 0.05) is 24.5 Å². The number of aliphatic hydroxyl groups is 1. The van der Waals surface area contributed by atoms with Crippen molar-refractivity contribution >= 4 is 42.0 Å². The minimum atomic E-state index is -0.316. The summed E-state index contributed by atoms with van der Waals surface area (Å²) in [6, 6.07) is 3.65. The quantitative estimate of drug-likeness (QED) is 0.204. The Bertz CT molecular complexity index is 910. The number of hydrogen-bond acceptors (Lipinski definition) is 8. The molecular weight excluding hydrogens is 466 g/mol. The number of rotatable bonds is 7. The summed E-state index contributed by atoms with van der Waals surface area (Å²) in [5.74, 6) is 1.30. The zero-order valence-electron chi connectivity index (χ0n) is 20.7. The summed E-state index contributed by atoms with van der Waals surface area (Å²) >= 11 is 3.33. The Morgan fingerprint density at radius 3 is 2.68 bits per heavy atom. The normalized spacial score (nSPS) is 22.8. The lowest BCUT2D eigenvalue weighted by molar-refractivity contribution is 0.0364. The Hall–Kier alpha value is -2.23. The molecular formula is C25H37N5O2S2. The molecule has 2 aliphatic rings. The van der Waals surface area contributed by atoms with Gasteiger partial charge in [-0.05, 0) is 71.7 Å². The van der Waals surface area contributed by atoms with E-state index in [-0.39, 0.29) is 18.1 Å². The smallest absolute Gasteiger partial charge is 0.255 e. The summed E-state index contributed by atoms with van der Waals surface area (Å²) < 4.78 is 0. The van der Waals surface area contributed by atoms with Gasteiger partial charge in [-0.15, -0.1) is 11.8 Å². The van der Waals surface area contributed by atoms with Gasteiger partial charge in [0.2, 0.25) is 0 Å². The number of amides is 1. The largest absolute Gasteiger partial charge is 0.393 e. The van der Waals surface area contributed by atoms with Crippen molar-refractivity contribution in [3.05, 3.63) is 57.8 Å². The lowest BCUT2D eigenvalue weighted by Crippen LogP contribution is -2.46. The fourth-order valence-electron chi connectivity index (χ4n) is 3.56. The molecule has 7 nitrogen and oxygen atoms in total. The summed E-state index contributed by atoms with van der Waals surface area (Å²) in [5.41, 5.74) is 2.56. The van der Waals surface area contributed by atoms with Crippen LogP contribution >= 0.6 is 23.5 Å². The van der Waals surface area contributed by atoms with Gasteiger partial charge in [0.1, 0.15) is 5.82 Å². The van der Waals surface area contributed by atoms with Crippen LogP contribution in [0.2, 0.25) is 0 Å². The van der Waals surface area contributed by atoms with Crippen LogP contribution in [0.3, 0.4) is 0 Å². The third kappa shape index (κ3) is 8.21. The van der Waals surface area contributed by atoms with Crippen LogP contribution in [0.5, 0.6) is 0 Å². The number of piperidine rings is 1. The number of pyridine rings is 1. The second-order valence-corrected chi connectivity index (χ2v) is 10.3. The molecule has 1 amide bonds. The average Bonchev–Trinajstić information content (AvgIpc) is 3.16. The number of nitrogens with zero attached hydrogens (tertiary/aromatic N) is 3. The summed E-state index contributed by atoms with van der Waals surface area (Å²) in [5, 5.41) is 18.7. The van der Waals surface area contributed by atoms with Crippen molar-refractivity contribution in [1.82, 2.24) is 15.2 Å². The highest BCUT2D eigenvalue weighted by atomic mass is 32.2. The monoisotopic (exact) mass is 503 g/mol. The first kappa shape index (κ1) is 28.0. The summed E-state index contributed by atoms with van der Waals surface area (Å²) in [7, 11) is 0. The van der Waals surface area contributed by atoms with Crippen molar-refractivity contribution in [3.8, 4) is 0 Å². The van der Waals surface area contributed by atoms with E-state index in [4.69, 9.17) is 0 Å². The summed E-state index contributed by atoms with van der Waals surface area (Å²) in [6.45, 7) is 14.4. The van der Waals surface area contributed by atoms with E-state index >= 15 is 0 Å². The molecule has 0 radical (unpaired) electrons. The Morgan fingerprint density at radius 1 is 1.41 bits per heavy atom. The van der Waals surface area contributed by atoms with Crippen LogP contribution in [-0.2, 0) is 0 Å². The maximum Gasteiger partial charge on any atom is 0.255 e. The molecule has 1 fully saturated rings. The molecule has 1 aromatic rings. The van der Waals surface area contributed by atoms with Crippen LogP contribution in [0.4, 0.5) is 5.82 Å². The lowest BCUT2D eigenvalue weighted by Gasteiger charge is -2.35. The van der Waals surface area contributed by atoms with E-state index in [1.165, 1.54) is 0 Å². The van der Waals surface area contributed by atoms with Crippen molar-refractivity contribution in [1.29, 1.82) is 0 Å². The molecule has 34 heavy (non-hydrogen) atoms. The summed E-state index contributed by atoms with van der Waals surface area (Å²) in [4.78, 5) is 24.2. The highest BCUT2D eigenvalue weighted by molar-refractivity contribution is 8.04. The highest BCUT2D eigenvalue weighted by Gasteiger charge is 2.28. The molecule has 2 aliphatic heterocycles. The molecule has 3 atom stereocenters. The van der Waals surface area contributed by atoms with Crippen molar-refractivity contribution < 1.29 is 9.90 Å². The van der Waals surface area contributed by atoms with Gasteiger partial charge in [0.25, 0.3) is 5.91 Å². The highest BCUT2D eigenvalue weighted by Crippen LogP contribution is 2.36. The van der Waals surface area contributed by atoms with Crippen molar-refractivity contribution in [3.63, 3.8) is 0 Å². The van der Waals surface area contributed by atoms with Gasteiger partial charge in [-0.2, -0.15) is 0 Å². The standard InChI is InChI=1S/C21H29N5O2S2.C4H8/c1-13-9-17(27)7-8-26(13)21(28)16-5-6-19(23-10-16)24-12-29-11-18(22-4)20-14(2)25-15(3)30-20;1-3-4-2/h5-6,10-11,13,15,17,25,27H,4,7-9,12H2,1-3H3,(H,23,24);3-4H,1-2H3/b18-11-;/t13-,15?,17-;/m1./s1. The van der Waals surface area contributed by atoms with E-state index in [1.807, 2.05) is 56.2 Å². The maximum atomic E-state index is 12.7. The maximum absolute atomic E-state index is 12.7. The van der Waals surface area contributed by atoms with E-state index in [9.17, 15) is 9.90 Å². The van der Waals surface area contributed by atoms with Gasteiger partial charge in [0.05, 0.1) is 33.5 Å². The molecule has 1 aromatic heterocycles. The minimum Gasteiger partial charge on any atom is -0.393 e. The predicted molar refractivity (Wildman–Crippen MR) is 147 cm³/mol. The number of aliphatic imine (C=N–C) groups is 1. The molecule has 9 heteroatoms. The first-order chi connectivity index (χ1) is 16.3. The minimum absolute atomic E-state index is 0.0323. The molecule has 3 heterocycles. The van der Waals surface area contributed by atoms with Crippen molar-refractivity contribution in [2.75, 3.05) is 17.7 Å². The zero-order valence-corrected chi connectivity index (χ0v) is 22.4. The molecule has 0 spiro atoms. The molecule has 1 saturated heterocycles. The van der Waals surface area contributed by atoms with Gasteiger partial charge in [0.15, 0.2) is 0 Å². The first-order valence-corrected chi connectivity index (χ1v) is 13.4. The van der Waals surface area contributed by atoms with Crippen molar-refractivity contribution in [2.45, 2.75) is 65.0 Å². The van der Waals surface area contributed by atoms with Crippen molar-refractivity contribution in [2.24, 2.45) is 4.99 Å². The van der Waals surface area contributed by atoms with Crippen LogP contribution in [0, 0.1) is 0 Å². The Morgan fingerprint density at radius 2 is 2.15 bits per heavy atom. The fourth-order valence-corrected chi connectivity index (χ4v) is 5.36. The Kier molecular flexibility index (Phi) is 11.7. The second kappa shape index (κ2) is 14.2. The van der Waals surface area contributed by atoms with Gasteiger partial charge < -0.3 is 20.6 Å². The molecule has 0 aromatic carbocycles. The number of hydrogen-bond donors (Lipinski definition) is 3. The van der Waals surface area contributed by atoms with E-state index in [0.29, 0.717) is 42.0 Å². The van der Waals surface area contributed by atoms with Crippen LogP contribution in [0.25, 0.3) is 0 Å². The second-order valence-electron chi connectivity index (χ2n) is 8.13. The predicted octanol–water partition coefficient (Wildman–Crippen LogP) is 5.21. The zero-order chi connectivity index (χ0) is 25.1. The molecule has 3 rings (SSSR count). The van der Waals surface area contributed by atoms with Gasteiger partial charge >= 0.3 is 0 Å². The van der Waals surface area contributed by atoms with Crippen LogP contribution < -0.4 is 10.6 Å². The topological polar surface area (TPSA) is 89.9 Å². The number of carbonyl (C=O) groups is 1. The molecule has 0 aliphatic carbocycles. The molecule has 0 bridgehead atoms. The number of likely N-dealkylation sites (tertiary alicyclic amines) is 1. The van der Waals surface area contributed by atoms with Gasteiger partial charge in [-0.1, -0.05) is 23.9 Å². The molecule has 0 saturated carbocycles. The van der Waals surface area contributed by atoms with Crippen LogP contribution in [-0.4, -0.2) is 57.6 Å². The first-order valence-electron chi connectivity index (χ1n) is 11.5. The van der Waals surface area contributed by atoms with E-state index in [1.54, 1.807) is 35.8 Å². The number of aliphatic hydroxyl groups excluding tert-OH is 1. The number of carbonyl (C=O) groups excluding carboxylic acids is 1. The number of thioether (sulfide) groups is 2. The van der Waals surface area contributed by atoms with Gasteiger partial charge in [-0.3, -0.25) is 9.79 Å². The van der Waals surface area contributed by atoms with Crippen LogP contribution in [0.1, 0.15) is 57.8 Å². The number of aromatic nitrogens is 1. The lowest BCUT2D eigenvalue weighted by atomic mass is 10.00.